The minimum atomic E-state index is -0.136. The van der Waals surface area contributed by atoms with Gasteiger partial charge in [-0.2, -0.15) is 0 Å². The molecule has 2 nitrogen and oxygen atoms in total. The van der Waals surface area contributed by atoms with Crippen LogP contribution < -0.4 is 5.73 Å². The molecule has 88 valence electrons. The van der Waals surface area contributed by atoms with Gasteiger partial charge in [-0.1, -0.05) is 24.3 Å². The first-order chi connectivity index (χ1) is 7.65. The van der Waals surface area contributed by atoms with Crippen LogP contribution in [0.25, 0.3) is 0 Å². The SMILES string of the molecule is CC(C)OC1(CN)CCc2ccccc2C1. The number of benzene rings is 1. The van der Waals surface area contributed by atoms with Crippen molar-refractivity contribution in [1.82, 2.24) is 0 Å². The summed E-state index contributed by atoms with van der Waals surface area (Å²) in [5.41, 5.74) is 8.64. The van der Waals surface area contributed by atoms with Crippen LogP contribution in [0.1, 0.15) is 31.4 Å². The number of nitrogens with two attached hydrogens (primary N) is 1. The molecule has 0 bridgehead atoms. The molecule has 1 unspecified atom stereocenters. The lowest BCUT2D eigenvalue weighted by molar-refractivity contribution is -0.0818. The van der Waals surface area contributed by atoms with Crippen molar-refractivity contribution in [2.75, 3.05) is 6.54 Å². The number of hydrogen-bond donors (Lipinski definition) is 1. The Kier molecular flexibility index (Phi) is 3.31. The van der Waals surface area contributed by atoms with Gasteiger partial charge in [0.1, 0.15) is 0 Å². The zero-order chi connectivity index (χ0) is 11.6. The Morgan fingerprint density at radius 1 is 1.31 bits per heavy atom. The molecule has 0 heterocycles. The molecule has 2 rings (SSSR count). The van der Waals surface area contributed by atoms with E-state index in [-0.39, 0.29) is 11.7 Å². The van der Waals surface area contributed by atoms with E-state index >= 15 is 0 Å². The normalized spacial score (nSPS) is 24.5. The maximum Gasteiger partial charge on any atom is 0.0850 e. The summed E-state index contributed by atoms with van der Waals surface area (Å²) >= 11 is 0. The van der Waals surface area contributed by atoms with Crippen LogP contribution in [0.3, 0.4) is 0 Å². The first kappa shape index (κ1) is 11.6. The van der Waals surface area contributed by atoms with Crippen molar-refractivity contribution in [2.24, 2.45) is 5.73 Å². The highest BCUT2D eigenvalue weighted by Crippen LogP contribution is 2.31. The van der Waals surface area contributed by atoms with Crippen LogP contribution in [0.4, 0.5) is 0 Å². The van der Waals surface area contributed by atoms with E-state index in [0.717, 1.165) is 19.3 Å². The summed E-state index contributed by atoms with van der Waals surface area (Å²) in [6, 6.07) is 8.62. The van der Waals surface area contributed by atoms with Crippen LogP contribution in [-0.2, 0) is 17.6 Å². The van der Waals surface area contributed by atoms with Crippen molar-refractivity contribution >= 4 is 0 Å². The summed E-state index contributed by atoms with van der Waals surface area (Å²) < 4.78 is 6.06. The molecule has 0 fully saturated rings. The predicted molar refractivity (Wildman–Crippen MR) is 66.5 cm³/mol. The zero-order valence-electron chi connectivity index (χ0n) is 10.2. The molecule has 0 radical (unpaired) electrons. The quantitative estimate of drug-likeness (QED) is 0.846. The molecule has 1 aliphatic rings. The smallest absolute Gasteiger partial charge is 0.0850 e. The maximum absolute atomic E-state index is 6.06. The molecule has 1 atom stereocenters. The standard InChI is InChI=1S/C14H21NO/c1-11(2)16-14(10-15)8-7-12-5-3-4-6-13(12)9-14/h3-6,11H,7-10,15H2,1-2H3. The number of hydrogen-bond acceptors (Lipinski definition) is 2. The molecule has 2 N–H and O–H groups in total. The Balaban J connectivity index is 2.21. The highest BCUT2D eigenvalue weighted by molar-refractivity contribution is 5.31. The second-order valence-electron chi connectivity index (χ2n) is 5.00. The van der Waals surface area contributed by atoms with Crippen molar-refractivity contribution in [3.8, 4) is 0 Å². The Morgan fingerprint density at radius 3 is 2.62 bits per heavy atom. The Bertz CT molecular complexity index is 362. The fourth-order valence-electron chi connectivity index (χ4n) is 2.59. The third-order valence-electron chi connectivity index (χ3n) is 3.34. The average molecular weight is 219 g/mol. The molecule has 0 aromatic heterocycles. The van der Waals surface area contributed by atoms with Crippen molar-refractivity contribution < 1.29 is 4.74 Å². The lowest BCUT2D eigenvalue weighted by atomic mass is 9.80. The van der Waals surface area contributed by atoms with Crippen LogP contribution in [-0.4, -0.2) is 18.2 Å². The topological polar surface area (TPSA) is 35.2 Å². The van der Waals surface area contributed by atoms with Crippen molar-refractivity contribution in [1.29, 1.82) is 0 Å². The van der Waals surface area contributed by atoms with Crippen molar-refractivity contribution in [3.63, 3.8) is 0 Å². The molecule has 16 heavy (non-hydrogen) atoms. The first-order valence-electron chi connectivity index (χ1n) is 6.10. The molecular weight excluding hydrogens is 198 g/mol. The Morgan fingerprint density at radius 2 is 2.00 bits per heavy atom. The lowest BCUT2D eigenvalue weighted by Gasteiger charge is -2.38. The lowest BCUT2D eigenvalue weighted by Crippen LogP contribution is -2.47. The molecule has 0 saturated carbocycles. The van der Waals surface area contributed by atoms with Gasteiger partial charge < -0.3 is 10.5 Å². The average Bonchev–Trinajstić information content (AvgIpc) is 2.28. The second kappa shape index (κ2) is 4.56. The molecule has 0 aliphatic heterocycles. The third kappa shape index (κ3) is 2.28. The van der Waals surface area contributed by atoms with E-state index < -0.39 is 0 Å². The van der Waals surface area contributed by atoms with E-state index in [1.165, 1.54) is 11.1 Å². The van der Waals surface area contributed by atoms with Gasteiger partial charge in [0.15, 0.2) is 0 Å². The summed E-state index contributed by atoms with van der Waals surface area (Å²) in [7, 11) is 0. The first-order valence-corrected chi connectivity index (χ1v) is 6.10. The highest BCUT2D eigenvalue weighted by Gasteiger charge is 2.34. The maximum atomic E-state index is 6.06. The number of ether oxygens (including phenoxy) is 1. The highest BCUT2D eigenvalue weighted by atomic mass is 16.5. The summed E-state index contributed by atoms with van der Waals surface area (Å²) in [5.74, 6) is 0. The van der Waals surface area contributed by atoms with Gasteiger partial charge in [-0.05, 0) is 37.8 Å². The van der Waals surface area contributed by atoms with Crippen molar-refractivity contribution in [2.45, 2.75) is 44.8 Å². The van der Waals surface area contributed by atoms with E-state index in [4.69, 9.17) is 10.5 Å². The molecule has 1 aliphatic carbocycles. The minimum absolute atomic E-state index is 0.136. The van der Waals surface area contributed by atoms with E-state index in [9.17, 15) is 0 Å². The molecule has 0 saturated heterocycles. The van der Waals surface area contributed by atoms with Gasteiger partial charge in [-0.25, -0.2) is 0 Å². The minimum Gasteiger partial charge on any atom is -0.371 e. The van der Waals surface area contributed by atoms with Gasteiger partial charge in [0, 0.05) is 13.0 Å². The molecular formula is C14H21NO. The van der Waals surface area contributed by atoms with Gasteiger partial charge in [0.2, 0.25) is 0 Å². The summed E-state index contributed by atoms with van der Waals surface area (Å²) in [6.45, 7) is 4.77. The zero-order valence-corrected chi connectivity index (χ0v) is 10.2. The van der Waals surface area contributed by atoms with Crippen LogP contribution in [0.2, 0.25) is 0 Å². The van der Waals surface area contributed by atoms with Gasteiger partial charge in [-0.15, -0.1) is 0 Å². The van der Waals surface area contributed by atoms with Gasteiger partial charge in [0.05, 0.1) is 11.7 Å². The third-order valence-corrected chi connectivity index (χ3v) is 3.34. The van der Waals surface area contributed by atoms with Gasteiger partial charge in [-0.3, -0.25) is 0 Å². The van der Waals surface area contributed by atoms with E-state index in [1.807, 2.05) is 0 Å². The fourth-order valence-corrected chi connectivity index (χ4v) is 2.59. The summed E-state index contributed by atoms with van der Waals surface area (Å²) in [4.78, 5) is 0. The predicted octanol–water partition coefficient (Wildman–Crippen LogP) is 2.30. The largest absolute Gasteiger partial charge is 0.371 e. The second-order valence-corrected chi connectivity index (χ2v) is 5.00. The van der Waals surface area contributed by atoms with Crippen LogP contribution >= 0.6 is 0 Å². The number of rotatable bonds is 3. The monoisotopic (exact) mass is 219 g/mol. The van der Waals surface area contributed by atoms with Gasteiger partial charge >= 0.3 is 0 Å². The Hall–Kier alpha value is -0.860. The van der Waals surface area contributed by atoms with Crippen LogP contribution in [0, 0.1) is 0 Å². The fraction of sp³-hybridized carbons (Fsp3) is 0.571. The van der Waals surface area contributed by atoms with E-state index in [1.54, 1.807) is 0 Å². The molecule has 2 heteroatoms. The summed E-state index contributed by atoms with van der Waals surface area (Å²) in [5, 5.41) is 0. The van der Waals surface area contributed by atoms with Crippen molar-refractivity contribution in [3.05, 3.63) is 35.4 Å². The van der Waals surface area contributed by atoms with Crippen LogP contribution in [0.15, 0.2) is 24.3 Å². The molecule has 0 spiro atoms. The molecule has 1 aromatic carbocycles. The number of fused-ring (bicyclic) bond motifs is 1. The van der Waals surface area contributed by atoms with E-state index in [2.05, 4.69) is 38.1 Å². The molecule has 1 aromatic rings. The Labute approximate surface area is 97.8 Å². The molecule has 0 amide bonds. The van der Waals surface area contributed by atoms with Crippen LogP contribution in [0.5, 0.6) is 0 Å². The van der Waals surface area contributed by atoms with E-state index in [0.29, 0.717) is 6.54 Å². The number of aryl methyl sites for hydroxylation is 1. The summed E-state index contributed by atoms with van der Waals surface area (Å²) in [6.07, 6.45) is 3.32. The van der Waals surface area contributed by atoms with Gasteiger partial charge in [0.25, 0.3) is 0 Å².